The van der Waals surface area contributed by atoms with Gasteiger partial charge in [0.25, 0.3) is 0 Å². The molecule has 18 heavy (non-hydrogen) atoms. The van der Waals surface area contributed by atoms with E-state index in [1.54, 1.807) is 0 Å². The van der Waals surface area contributed by atoms with Gasteiger partial charge in [-0.3, -0.25) is 9.20 Å². The van der Waals surface area contributed by atoms with E-state index in [-0.39, 0.29) is 17.3 Å². The van der Waals surface area contributed by atoms with Crippen molar-refractivity contribution in [3.63, 3.8) is 0 Å². The molecule has 2 aromatic heterocycles. The van der Waals surface area contributed by atoms with Gasteiger partial charge >= 0.3 is 5.97 Å². The molecule has 0 radical (unpaired) electrons. The number of carbonyl (C=O) groups is 1. The van der Waals surface area contributed by atoms with Crippen molar-refractivity contribution < 1.29 is 9.90 Å². The Morgan fingerprint density at radius 2 is 2.17 bits per heavy atom. The molecule has 2 atom stereocenters. The lowest BCUT2D eigenvalue weighted by Crippen LogP contribution is -2.03. The topological polar surface area (TPSA) is 67.5 Å². The van der Waals surface area contributed by atoms with Crippen LogP contribution in [0.25, 0.3) is 5.65 Å². The van der Waals surface area contributed by atoms with Crippen LogP contribution in [0, 0.1) is 11.3 Å². The minimum absolute atomic E-state index is 0.0840. The summed E-state index contributed by atoms with van der Waals surface area (Å²) in [5, 5.41) is 17.5. The first-order valence-corrected chi connectivity index (χ1v) is 6.45. The highest BCUT2D eigenvalue weighted by Gasteiger charge is 2.64. The van der Waals surface area contributed by atoms with E-state index in [0.29, 0.717) is 0 Å². The van der Waals surface area contributed by atoms with Crippen LogP contribution < -0.4 is 0 Å². The fourth-order valence-corrected chi connectivity index (χ4v) is 3.01. The van der Waals surface area contributed by atoms with Crippen LogP contribution in [0.3, 0.4) is 0 Å². The molecule has 5 nitrogen and oxygen atoms in total. The van der Waals surface area contributed by atoms with Crippen LogP contribution >= 0.6 is 15.9 Å². The number of halogens is 1. The molecule has 3 rings (SSSR count). The van der Waals surface area contributed by atoms with Crippen LogP contribution in [-0.2, 0) is 4.79 Å². The fourth-order valence-electron chi connectivity index (χ4n) is 2.68. The Balaban J connectivity index is 2.11. The number of carboxylic acids is 1. The Bertz CT molecular complexity index is 650. The van der Waals surface area contributed by atoms with Crippen molar-refractivity contribution in [2.75, 3.05) is 0 Å². The third-order valence-electron chi connectivity index (χ3n) is 3.76. The molecular formula is C12H12BrN3O2. The summed E-state index contributed by atoms with van der Waals surface area (Å²) in [6.07, 6.45) is 1.87. The third kappa shape index (κ3) is 1.48. The van der Waals surface area contributed by atoms with E-state index >= 15 is 0 Å². The minimum Gasteiger partial charge on any atom is -0.481 e. The number of aromatic nitrogens is 3. The number of pyridine rings is 1. The number of aliphatic carboxylic acids is 1. The highest BCUT2D eigenvalue weighted by atomic mass is 79.9. The van der Waals surface area contributed by atoms with E-state index in [1.165, 1.54) is 0 Å². The zero-order valence-electron chi connectivity index (χ0n) is 9.96. The first-order chi connectivity index (χ1) is 8.43. The number of nitrogens with zero attached hydrogens (tertiary/aromatic N) is 3. The van der Waals surface area contributed by atoms with Crippen molar-refractivity contribution >= 4 is 27.5 Å². The van der Waals surface area contributed by atoms with Crippen LogP contribution in [0.2, 0.25) is 0 Å². The van der Waals surface area contributed by atoms with Gasteiger partial charge in [-0.1, -0.05) is 13.8 Å². The van der Waals surface area contributed by atoms with Gasteiger partial charge in [0.2, 0.25) is 0 Å². The molecular weight excluding hydrogens is 298 g/mol. The van der Waals surface area contributed by atoms with Crippen LogP contribution in [-0.4, -0.2) is 25.7 Å². The highest BCUT2D eigenvalue weighted by Crippen LogP contribution is 2.63. The minimum atomic E-state index is -0.767. The number of hydrogen-bond donors (Lipinski definition) is 1. The predicted molar refractivity (Wildman–Crippen MR) is 68.3 cm³/mol. The molecule has 2 unspecified atom stereocenters. The molecule has 0 spiro atoms. The summed E-state index contributed by atoms with van der Waals surface area (Å²) in [6, 6.07) is 3.74. The maximum atomic E-state index is 11.2. The first-order valence-electron chi connectivity index (χ1n) is 5.66. The van der Waals surface area contributed by atoms with E-state index < -0.39 is 5.97 Å². The van der Waals surface area contributed by atoms with Crippen molar-refractivity contribution in [1.82, 2.24) is 14.6 Å². The summed E-state index contributed by atoms with van der Waals surface area (Å²) in [7, 11) is 0. The lowest BCUT2D eigenvalue weighted by Gasteiger charge is -2.01. The molecule has 1 N–H and O–H groups in total. The molecule has 0 bridgehead atoms. The predicted octanol–water partition coefficient (Wildman–Crippen LogP) is 2.32. The third-order valence-corrected chi connectivity index (χ3v) is 4.23. The number of hydrogen-bond acceptors (Lipinski definition) is 3. The average molecular weight is 310 g/mol. The quantitative estimate of drug-likeness (QED) is 0.924. The van der Waals surface area contributed by atoms with Crippen LogP contribution in [0.4, 0.5) is 0 Å². The van der Waals surface area contributed by atoms with E-state index in [4.69, 9.17) is 0 Å². The zero-order chi connectivity index (χ0) is 13.1. The molecule has 94 valence electrons. The largest absolute Gasteiger partial charge is 0.481 e. The maximum Gasteiger partial charge on any atom is 0.307 e. The lowest BCUT2D eigenvalue weighted by atomic mass is 10.1. The summed E-state index contributed by atoms with van der Waals surface area (Å²) < 4.78 is 2.78. The van der Waals surface area contributed by atoms with Gasteiger partial charge in [0.1, 0.15) is 5.82 Å². The van der Waals surface area contributed by atoms with Gasteiger partial charge in [0.05, 0.1) is 5.92 Å². The number of carboxylic acid groups (broad SMARTS) is 1. The molecule has 1 saturated carbocycles. The summed E-state index contributed by atoms with van der Waals surface area (Å²) in [4.78, 5) is 11.2. The molecule has 0 aliphatic heterocycles. The van der Waals surface area contributed by atoms with Crippen LogP contribution in [0.15, 0.2) is 22.8 Å². The monoisotopic (exact) mass is 309 g/mol. The zero-order valence-corrected chi connectivity index (χ0v) is 11.5. The van der Waals surface area contributed by atoms with E-state index in [1.807, 2.05) is 36.6 Å². The molecule has 1 aliphatic rings. The van der Waals surface area contributed by atoms with Gasteiger partial charge in [-0.15, -0.1) is 10.2 Å². The summed E-state index contributed by atoms with van der Waals surface area (Å²) in [5.74, 6) is -0.511. The van der Waals surface area contributed by atoms with E-state index in [0.717, 1.165) is 15.9 Å². The summed E-state index contributed by atoms with van der Waals surface area (Å²) >= 11 is 3.40. The fraction of sp³-hybridized carbons (Fsp3) is 0.417. The highest BCUT2D eigenvalue weighted by molar-refractivity contribution is 9.10. The SMILES string of the molecule is CC1(C)C(C(=O)O)C1c1nnc2ccc(Br)cn12. The normalized spacial score (nSPS) is 25.3. The van der Waals surface area contributed by atoms with Crippen molar-refractivity contribution in [2.45, 2.75) is 19.8 Å². The summed E-state index contributed by atoms with van der Waals surface area (Å²) in [6.45, 7) is 3.91. The molecule has 0 saturated heterocycles. The van der Waals surface area contributed by atoms with E-state index in [9.17, 15) is 9.90 Å². The Morgan fingerprint density at radius 1 is 1.44 bits per heavy atom. The average Bonchev–Trinajstić information content (AvgIpc) is 2.66. The second kappa shape index (κ2) is 3.54. The van der Waals surface area contributed by atoms with Gasteiger partial charge in [0.15, 0.2) is 5.65 Å². The molecule has 1 fully saturated rings. The van der Waals surface area contributed by atoms with Crippen molar-refractivity contribution in [1.29, 1.82) is 0 Å². The summed E-state index contributed by atoms with van der Waals surface area (Å²) in [5.41, 5.74) is 0.469. The molecule has 0 amide bonds. The number of rotatable bonds is 2. The van der Waals surface area contributed by atoms with Gasteiger partial charge < -0.3 is 5.11 Å². The Morgan fingerprint density at radius 3 is 2.78 bits per heavy atom. The number of fused-ring (bicyclic) bond motifs is 1. The molecule has 2 heterocycles. The van der Waals surface area contributed by atoms with Crippen LogP contribution in [0.1, 0.15) is 25.6 Å². The Labute approximate surface area is 112 Å². The molecule has 2 aromatic rings. The standard InChI is InChI=1S/C12H12BrN3O2/c1-12(2)8(9(12)11(17)18)10-15-14-7-4-3-6(13)5-16(7)10/h3-5,8-9H,1-2H3,(H,17,18). The van der Waals surface area contributed by atoms with E-state index in [2.05, 4.69) is 26.1 Å². The smallest absolute Gasteiger partial charge is 0.307 e. The molecule has 6 heteroatoms. The van der Waals surface area contributed by atoms with Crippen molar-refractivity contribution in [3.05, 3.63) is 28.6 Å². The molecule has 0 aromatic carbocycles. The Hall–Kier alpha value is -1.43. The van der Waals surface area contributed by atoms with Gasteiger partial charge in [-0.25, -0.2) is 0 Å². The first kappa shape index (κ1) is 11.6. The van der Waals surface area contributed by atoms with Gasteiger partial charge in [-0.05, 0) is 33.5 Å². The molecule has 1 aliphatic carbocycles. The van der Waals surface area contributed by atoms with Crippen molar-refractivity contribution in [2.24, 2.45) is 11.3 Å². The Kier molecular flexibility index (Phi) is 2.29. The maximum absolute atomic E-state index is 11.2. The second-order valence-corrected chi connectivity index (χ2v) is 6.16. The van der Waals surface area contributed by atoms with Gasteiger partial charge in [-0.2, -0.15) is 0 Å². The van der Waals surface area contributed by atoms with Crippen molar-refractivity contribution in [3.8, 4) is 0 Å². The lowest BCUT2D eigenvalue weighted by molar-refractivity contribution is -0.139. The van der Waals surface area contributed by atoms with Crippen LogP contribution in [0.5, 0.6) is 0 Å². The van der Waals surface area contributed by atoms with Gasteiger partial charge in [0, 0.05) is 16.6 Å². The second-order valence-electron chi connectivity index (χ2n) is 5.25.